The maximum atomic E-state index is 13.3. The number of hydrogen-bond acceptors (Lipinski definition) is 4. The second-order valence-corrected chi connectivity index (χ2v) is 10.6. The van der Waals surface area contributed by atoms with E-state index in [0.29, 0.717) is 6.04 Å². The molecule has 0 aliphatic heterocycles. The Morgan fingerprint density at radius 3 is 2.73 bits per heavy atom. The van der Waals surface area contributed by atoms with Crippen molar-refractivity contribution in [3.8, 4) is 0 Å². The van der Waals surface area contributed by atoms with Gasteiger partial charge in [0.15, 0.2) is 0 Å². The summed E-state index contributed by atoms with van der Waals surface area (Å²) in [6.07, 6.45) is 10.4. The number of hydrogen-bond donors (Lipinski definition) is 2. The third-order valence-corrected chi connectivity index (χ3v) is 8.49. The number of amides is 1. The Labute approximate surface area is 195 Å². The molecule has 0 saturated heterocycles. The fourth-order valence-electron chi connectivity index (χ4n) is 5.78. The summed E-state index contributed by atoms with van der Waals surface area (Å²) in [7, 11) is 0. The number of aromatic nitrogens is 4. The van der Waals surface area contributed by atoms with E-state index in [9.17, 15) is 4.79 Å². The van der Waals surface area contributed by atoms with Crippen LogP contribution in [0.25, 0.3) is 11.0 Å². The van der Waals surface area contributed by atoms with Crippen LogP contribution in [0.3, 0.4) is 0 Å². The van der Waals surface area contributed by atoms with Crippen molar-refractivity contribution in [1.29, 1.82) is 0 Å². The Kier molecular flexibility index (Phi) is 5.38. The van der Waals surface area contributed by atoms with Crippen LogP contribution < -0.4 is 5.43 Å². The number of carbonyl (C=O) groups excluding carboxylic acids is 1. The maximum absolute atomic E-state index is 13.3. The summed E-state index contributed by atoms with van der Waals surface area (Å²) in [5.41, 5.74) is 5.93. The molecule has 3 aromatic rings. The van der Waals surface area contributed by atoms with Crippen molar-refractivity contribution < 1.29 is 4.79 Å². The first-order chi connectivity index (χ1) is 15.8. The van der Waals surface area contributed by atoms with E-state index >= 15 is 0 Å². The second-order valence-electron chi connectivity index (χ2n) is 10.6. The van der Waals surface area contributed by atoms with E-state index in [1.54, 1.807) is 6.21 Å². The third-order valence-electron chi connectivity index (χ3n) is 8.49. The fraction of sp³-hybridized carbons (Fsp3) is 0.538. The number of nitrogens with zero attached hydrogens (tertiary/aromatic N) is 4. The monoisotopic (exact) mass is 446 g/mol. The van der Waals surface area contributed by atoms with Crippen molar-refractivity contribution in [1.82, 2.24) is 25.2 Å². The number of para-hydroxylation sites is 2. The van der Waals surface area contributed by atoms with E-state index in [1.807, 2.05) is 31.2 Å². The molecular weight excluding hydrogens is 412 g/mol. The molecule has 0 bridgehead atoms. The number of H-pyrrole nitrogens is 1. The highest BCUT2D eigenvalue weighted by Gasteiger charge is 2.57. The molecule has 5 rings (SSSR count). The molecule has 0 unspecified atom stereocenters. The molecule has 174 valence electrons. The van der Waals surface area contributed by atoms with Gasteiger partial charge in [-0.3, -0.25) is 9.48 Å². The molecule has 1 amide bonds. The standard InChI is InChI=1S/C26H34N6O/c1-17-18(16-32(31-17)19-9-5-6-10-19)15-27-30-24(33)26(4)14-13-20(25(26,2)3)23-28-21-11-7-8-12-22(21)29-23/h7-8,11-12,15-16,19-20H,5-6,9-10,13-14H2,1-4H3,(H,28,29)(H,30,33)/b27-15+/t20-,26+/m0/s1. The van der Waals surface area contributed by atoms with E-state index in [-0.39, 0.29) is 17.2 Å². The molecule has 2 saturated carbocycles. The average Bonchev–Trinajstić information content (AvgIpc) is 3.55. The minimum atomic E-state index is -0.545. The Morgan fingerprint density at radius 2 is 1.97 bits per heavy atom. The first-order valence-corrected chi connectivity index (χ1v) is 12.1. The van der Waals surface area contributed by atoms with Gasteiger partial charge in [-0.1, -0.05) is 45.7 Å². The Morgan fingerprint density at radius 1 is 1.21 bits per heavy atom. The number of fused-ring (bicyclic) bond motifs is 1. The van der Waals surface area contributed by atoms with E-state index in [4.69, 9.17) is 4.98 Å². The van der Waals surface area contributed by atoms with Crippen LogP contribution in [0, 0.1) is 17.8 Å². The van der Waals surface area contributed by atoms with Gasteiger partial charge in [0.05, 0.1) is 34.4 Å². The van der Waals surface area contributed by atoms with Crippen LogP contribution >= 0.6 is 0 Å². The highest BCUT2D eigenvalue weighted by atomic mass is 16.2. The molecule has 2 aliphatic rings. The molecule has 1 aromatic carbocycles. The van der Waals surface area contributed by atoms with Gasteiger partial charge in [0.2, 0.25) is 5.91 Å². The first kappa shape index (κ1) is 21.9. The quantitative estimate of drug-likeness (QED) is 0.415. The number of nitrogens with one attached hydrogen (secondary N) is 2. The highest BCUT2D eigenvalue weighted by molar-refractivity contribution is 5.86. The van der Waals surface area contributed by atoms with Crippen LogP contribution in [-0.2, 0) is 4.79 Å². The third kappa shape index (κ3) is 3.67. The second kappa shape index (κ2) is 8.12. The SMILES string of the molecule is Cc1nn(C2CCCC2)cc1/C=N/NC(=O)[C@@]1(C)CC[C@@H](c2nc3ccccc3[nH]2)C1(C)C. The van der Waals surface area contributed by atoms with Gasteiger partial charge in [-0.2, -0.15) is 10.2 Å². The molecule has 0 radical (unpaired) electrons. The van der Waals surface area contributed by atoms with Crippen LogP contribution in [0.1, 0.15) is 88.3 Å². The Hall–Kier alpha value is -2.96. The van der Waals surface area contributed by atoms with Crippen LogP contribution in [0.5, 0.6) is 0 Å². The molecule has 2 heterocycles. The lowest BCUT2D eigenvalue weighted by molar-refractivity contribution is -0.135. The molecule has 2 fully saturated rings. The smallest absolute Gasteiger partial charge is 0.246 e. The molecular formula is C26H34N6O. The molecule has 2 N–H and O–H groups in total. The summed E-state index contributed by atoms with van der Waals surface area (Å²) >= 11 is 0. The van der Waals surface area contributed by atoms with Crippen LogP contribution in [-0.4, -0.2) is 31.9 Å². The Bertz CT molecular complexity index is 1170. The molecule has 2 atom stereocenters. The average molecular weight is 447 g/mol. The molecule has 7 heteroatoms. The normalized spacial score (nSPS) is 25.4. The summed E-state index contributed by atoms with van der Waals surface area (Å²) in [5, 5.41) is 9.00. The molecule has 7 nitrogen and oxygen atoms in total. The summed E-state index contributed by atoms with van der Waals surface area (Å²) in [6, 6.07) is 8.58. The number of hydrazone groups is 1. The van der Waals surface area contributed by atoms with Crippen molar-refractivity contribution in [2.75, 3.05) is 0 Å². The zero-order valence-corrected chi connectivity index (χ0v) is 20.1. The molecule has 2 aromatic heterocycles. The molecule has 2 aliphatic carbocycles. The van der Waals surface area contributed by atoms with Crippen LogP contribution in [0.15, 0.2) is 35.6 Å². The van der Waals surface area contributed by atoms with Gasteiger partial charge >= 0.3 is 0 Å². The van der Waals surface area contributed by atoms with Gasteiger partial charge in [0.1, 0.15) is 5.82 Å². The summed E-state index contributed by atoms with van der Waals surface area (Å²) in [4.78, 5) is 21.7. The number of benzene rings is 1. The lowest BCUT2D eigenvalue weighted by atomic mass is 9.65. The van der Waals surface area contributed by atoms with Gasteiger partial charge < -0.3 is 4.98 Å². The van der Waals surface area contributed by atoms with Gasteiger partial charge in [0.25, 0.3) is 0 Å². The summed E-state index contributed by atoms with van der Waals surface area (Å²) in [5.74, 6) is 1.11. The van der Waals surface area contributed by atoms with Crippen molar-refractivity contribution in [2.45, 2.75) is 78.2 Å². The number of carbonyl (C=O) groups is 1. The summed E-state index contributed by atoms with van der Waals surface area (Å²) < 4.78 is 2.07. The van der Waals surface area contributed by atoms with E-state index in [1.165, 1.54) is 25.7 Å². The van der Waals surface area contributed by atoms with Gasteiger partial charge in [-0.15, -0.1) is 0 Å². The van der Waals surface area contributed by atoms with Crippen LogP contribution in [0.4, 0.5) is 0 Å². The minimum absolute atomic E-state index is 0.0387. The predicted octanol–water partition coefficient (Wildman–Crippen LogP) is 5.24. The Balaban J connectivity index is 1.30. The van der Waals surface area contributed by atoms with Crippen molar-refractivity contribution in [2.24, 2.45) is 15.9 Å². The number of imidazole rings is 1. The number of aromatic amines is 1. The highest BCUT2D eigenvalue weighted by Crippen LogP contribution is 2.59. The van der Waals surface area contributed by atoms with Crippen LogP contribution in [0.2, 0.25) is 0 Å². The van der Waals surface area contributed by atoms with Gasteiger partial charge in [0, 0.05) is 17.7 Å². The lowest BCUT2D eigenvalue weighted by Crippen LogP contribution is -2.45. The van der Waals surface area contributed by atoms with Crippen molar-refractivity contribution in [3.63, 3.8) is 0 Å². The zero-order valence-electron chi connectivity index (χ0n) is 20.1. The van der Waals surface area contributed by atoms with Gasteiger partial charge in [-0.25, -0.2) is 10.4 Å². The molecule has 33 heavy (non-hydrogen) atoms. The lowest BCUT2D eigenvalue weighted by Gasteiger charge is -2.39. The number of rotatable bonds is 5. The number of aryl methyl sites for hydroxylation is 1. The topological polar surface area (TPSA) is 88.0 Å². The van der Waals surface area contributed by atoms with Gasteiger partial charge in [-0.05, 0) is 50.2 Å². The van der Waals surface area contributed by atoms with E-state index in [2.05, 4.69) is 52.3 Å². The van der Waals surface area contributed by atoms with E-state index in [0.717, 1.165) is 41.0 Å². The maximum Gasteiger partial charge on any atom is 0.246 e. The van der Waals surface area contributed by atoms with E-state index < -0.39 is 5.41 Å². The zero-order chi connectivity index (χ0) is 23.2. The predicted molar refractivity (Wildman–Crippen MR) is 130 cm³/mol. The van der Waals surface area contributed by atoms with Crippen molar-refractivity contribution in [3.05, 3.63) is 47.5 Å². The fourth-order valence-corrected chi connectivity index (χ4v) is 5.78. The largest absolute Gasteiger partial charge is 0.342 e. The minimum Gasteiger partial charge on any atom is -0.342 e. The van der Waals surface area contributed by atoms with Crippen molar-refractivity contribution >= 4 is 23.2 Å². The first-order valence-electron chi connectivity index (χ1n) is 12.1. The summed E-state index contributed by atoms with van der Waals surface area (Å²) in [6.45, 7) is 8.41. The molecule has 0 spiro atoms.